The molecule has 5 nitrogen and oxygen atoms in total. The second-order valence-electron chi connectivity index (χ2n) is 2.84. The van der Waals surface area contributed by atoms with Gasteiger partial charge >= 0.3 is 0 Å². The fourth-order valence-corrected chi connectivity index (χ4v) is 1.13. The number of aliphatic hydroxyl groups excluding tert-OH is 1. The van der Waals surface area contributed by atoms with Crippen molar-refractivity contribution < 1.29 is 14.6 Å². The minimum Gasteiger partial charge on any atom is -0.619 e. The lowest BCUT2D eigenvalue weighted by Crippen LogP contribution is -2.26. The predicted molar refractivity (Wildman–Crippen MR) is 50.5 cm³/mol. The lowest BCUT2D eigenvalue weighted by Gasteiger charge is -2.07. The molecule has 0 atom stereocenters. The average molecular weight is 196 g/mol. The first-order valence-electron chi connectivity index (χ1n) is 4.10. The molecule has 0 saturated carbocycles. The lowest BCUT2D eigenvalue weighted by atomic mass is 10.1. The average Bonchev–Trinajstić information content (AvgIpc) is 2.18. The summed E-state index contributed by atoms with van der Waals surface area (Å²) >= 11 is 0. The lowest BCUT2D eigenvalue weighted by molar-refractivity contribution is -0.605. The van der Waals surface area contributed by atoms with E-state index in [1.807, 2.05) is 0 Å². The van der Waals surface area contributed by atoms with Crippen molar-refractivity contribution in [1.29, 1.82) is 5.41 Å². The number of nitrogens with zero attached hydrogens (tertiary/aromatic N) is 1. The Morgan fingerprint density at radius 2 is 2.43 bits per heavy atom. The van der Waals surface area contributed by atoms with Crippen LogP contribution in [0.2, 0.25) is 0 Å². The standard InChI is InChI=1S/C9H12N2O3/c1-14-9-2-3-11(13)5-7(9)4-8(10)6-12/h2-3,5,10,12H,4,6H2,1H3. The Bertz CT molecular complexity index is 339. The van der Waals surface area contributed by atoms with Gasteiger partial charge in [0.25, 0.3) is 0 Å². The molecule has 1 rings (SSSR count). The molecule has 2 N–H and O–H groups in total. The Hall–Kier alpha value is -1.62. The first kappa shape index (κ1) is 10.5. The highest BCUT2D eigenvalue weighted by Crippen LogP contribution is 2.15. The summed E-state index contributed by atoms with van der Waals surface area (Å²) in [5, 5.41) is 26.9. The predicted octanol–water partition coefficient (Wildman–Crippen LogP) is -0.117. The zero-order valence-corrected chi connectivity index (χ0v) is 7.86. The van der Waals surface area contributed by atoms with Crippen LogP contribution >= 0.6 is 0 Å². The summed E-state index contributed by atoms with van der Waals surface area (Å²) in [6, 6.07) is 1.53. The topological polar surface area (TPSA) is 80.2 Å². The van der Waals surface area contributed by atoms with Gasteiger partial charge in [-0.05, 0) is 0 Å². The summed E-state index contributed by atoms with van der Waals surface area (Å²) in [4.78, 5) is 0. The number of methoxy groups -OCH3 is 1. The Kier molecular flexibility index (Phi) is 3.41. The Morgan fingerprint density at radius 3 is 3.00 bits per heavy atom. The molecule has 0 saturated heterocycles. The molecule has 0 aromatic carbocycles. The first-order chi connectivity index (χ1) is 6.67. The van der Waals surface area contributed by atoms with E-state index in [1.54, 1.807) is 0 Å². The van der Waals surface area contributed by atoms with Gasteiger partial charge in [-0.3, -0.25) is 0 Å². The van der Waals surface area contributed by atoms with E-state index >= 15 is 0 Å². The van der Waals surface area contributed by atoms with Crippen LogP contribution in [0.15, 0.2) is 18.5 Å². The van der Waals surface area contributed by atoms with Crippen molar-refractivity contribution in [2.45, 2.75) is 6.42 Å². The molecule has 0 aliphatic heterocycles. The molecular weight excluding hydrogens is 184 g/mol. The molecule has 0 fully saturated rings. The van der Waals surface area contributed by atoms with Gasteiger partial charge in [0.05, 0.1) is 19.3 Å². The summed E-state index contributed by atoms with van der Waals surface area (Å²) in [5.41, 5.74) is 0.749. The molecule has 0 spiro atoms. The molecule has 1 aromatic heterocycles. The van der Waals surface area contributed by atoms with E-state index in [9.17, 15) is 5.21 Å². The third kappa shape index (κ3) is 2.43. The number of hydrogen-bond acceptors (Lipinski definition) is 4. The van der Waals surface area contributed by atoms with Crippen LogP contribution in [0.5, 0.6) is 5.75 Å². The fourth-order valence-electron chi connectivity index (χ4n) is 1.13. The molecule has 5 heteroatoms. The molecule has 0 unspecified atom stereocenters. The van der Waals surface area contributed by atoms with Crippen molar-refractivity contribution in [2.75, 3.05) is 13.7 Å². The van der Waals surface area contributed by atoms with E-state index in [0.29, 0.717) is 16.0 Å². The van der Waals surface area contributed by atoms with Gasteiger partial charge in [-0.25, -0.2) is 0 Å². The fraction of sp³-hybridized carbons (Fsp3) is 0.333. The van der Waals surface area contributed by atoms with E-state index in [1.165, 1.54) is 25.6 Å². The van der Waals surface area contributed by atoms with Gasteiger partial charge in [-0.15, -0.1) is 0 Å². The maximum atomic E-state index is 11.0. The second-order valence-corrected chi connectivity index (χ2v) is 2.84. The number of nitrogens with one attached hydrogen (secondary N) is 1. The normalized spacial score (nSPS) is 9.86. The summed E-state index contributed by atoms with van der Waals surface area (Å²) < 4.78 is 5.66. The van der Waals surface area contributed by atoms with Gasteiger partial charge in [-0.2, -0.15) is 4.73 Å². The largest absolute Gasteiger partial charge is 0.619 e. The van der Waals surface area contributed by atoms with Crippen molar-refractivity contribution in [2.24, 2.45) is 0 Å². The van der Waals surface area contributed by atoms with E-state index in [2.05, 4.69) is 0 Å². The quantitative estimate of drug-likeness (QED) is 0.400. The van der Waals surface area contributed by atoms with Crippen LogP contribution in [-0.4, -0.2) is 24.5 Å². The van der Waals surface area contributed by atoms with E-state index < -0.39 is 0 Å². The van der Waals surface area contributed by atoms with Gasteiger partial charge < -0.3 is 20.5 Å². The number of rotatable bonds is 4. The van der Waals surface area contributed by atoms with Crippen LogP contribution in [0.25, 0.3) is 0 Å². The molecule has 0 bridgehead atoms. The molecule has 0 aliphatic rings. The smallest absolute Gasteiger partial charge is 0.187 e. The number of aromatic nitrogens is 1. The van der Waals surface area contributed by atoms with Crippen molar-refractivity contribution >= 4 is 5.71 Å². The second kappa shape index (κ2) is 4.57. The Balaban J connectivity index is 2.93. The van der Waals surface area contributed by atoms with Crippen LogP contribution in [-0.2, 0) is 6.42 Å². The van der Waals surface area contributed by atoms with Crippen molar-refractivity contribution in [3.63, 3.8) is 0 Å². The van der Waals surface area contributed by atoms with Crippen molar-refractivity contribution in [3.05, 3.63) is 29.2 Å². The number of aliphatic hydroxyl groups is 1. The molecular formula is C9H12N2O3. The monoisotopic (exact) mass is 196 g/mol. The number of ether oxygens (including phenoxy) is 1. The Labute approximate surface area is 81.7 Å². The first-order valence-corrected chi connectivity index (χ1v) is 4.10. The van der Waals surface area contributed by atoms with Crippen LogP contribution < -0.4 is 9.47 Å². The number of hydrogen-bond donors (Lipinski definition) is 2. The van der Waals surface area contributed by atoms with E-state index in [0.717, 1.165) is 0 Å². The molecule has 1 aromatic rings. The third-order valence-electron chi connectivity index (χ3n) is 1.79. The maximum Gasteiger partial charge on any atom is 0.187 e. The van der Waals surface area contributed by atoms with Gasteiger partial charge in [0.2, 0.25) is 0 Å². The van der Waals surface area contributed by atoms with Crippen LogP contribution in [0.4, 0.5) is 0 Å². The number of pyridine rings is 1. The molecule has 0 aliphatic carbocycles. The van der Waals surface area contributed by atoms with Gasteiger partial charge in [-0.1, -0.05) is 0 Å². The summed E-state index contributed by atoms with van der Waals surface area (Å²) in [6.07, 6.45) is 2.89. The Morgan fingerprint density at radius 1 is 1.71 bits per heavy atom. The zero-order chi connectivity index (χ0) is 10.6. The summed E-state index contributed by atoms with van der Waals surface area (Å²) in [7, 11) is 1.50. The van der Waals surface area contributed by atoms with Gasteiger partial charge in [0, 0.05) is 18.2 Å². The van der Waals surface area contributed by atoms with Crippen LogP contribution in [0.3, 0.4) is 0 Å². The van der Waals surface area contributed by atoms with Crippen LogP contribution in [0, 0.1) is 10.6 Å². The molecule has 0 radical (unpaired) electrons. The highest BCUT2D eigenvalue weighted by atomic mass is 16.5. The SMILES string of the molecule is COc1cc[n+]([O-])cc1CC(=N)CO. The minimum absolute atomic E-state index is 0.148. The molecule has 1 heterocycles. The molecule has 14 heavy (non-hydrogen) atoms. The van der Waals surface area contributed by atoms with E-state index in [4.69, 9.17) is 15.3 Å². The summed E-state index contributed by atoms with van der Waals surface area (Å²) in [6.45, 7) is -0.309. The van der Waals surface area contributed by atoms with Crippen molar-refractivity contribution in [3.8, 4) is 5.75 Å². The van der Waals surface area contributed by atoms with Gasteiger partial charge in [0.1, 0.15) is 5.75 Å². The third-order valence-corrected chi connectivity index (χ3v) is 1.79. The zero-order valence-electron chi connectivity index (χ0n) is 7.86. The highest BCUT2D eigenvalue weighted by Gasteiger charge is 2.09. The minimum atomic E-state index is -0.309. The molecule has 0 amide bonds. The van der Waals surface area contributed by atoms with E-state index in [-0.39, 0.29) is 18.7 Å². The van der Waals surface area contributed by atoms with Gasteiger partial charge in [0.15, 0.2) is 12.4 Å². The van der Waals surface area contributed by atoms with Crippen LogP contribution in [0.1, 0.15) is 5.56 Å². The highest BCUT2D eigenvalue weighted by molar-refractivity contribution is 5.84. The summed E-state index contributed by atoms with van der Waals surface area (Å²) in [5.74, 6) is 0.551. The molecule has 76 valence electrons. The van der Waals surface area contributed by atoms with Crippen molar-refractivity contribution in [1.82, 2.24) is 0 Å². The maximum absolute atomic E-state index is 11.0.